The van der Waals surface area contributed by atoms with E-state index in [9.17, 15) is 5.11 Å². The molecule has 80 valence electrons. The van der Waals surface area contributed by atoms with E-state index in [1.54, 1.807) is 6.33 Å². The average Bonchev–Trinajstić information content (AvgIpc) is 2.65. The smallest absolute Gasteiger partial charge is 0.140 e. The van der Waals surface area contributed by atoms with Gasteiger partial charge < -0.3 is 10.4 Å². The molecular weight excluding hydrogens is 180 g/mol. The maximum absolute atomic E-state index is 9.31. The lowest BCUT2D eigenvalue weighted by atomic mass is 10.3. The van der Waals surface area contributed by atoms with Crippen molar-refractivity contribution in [3.8, 4) is 0 Å². The molecule has 0 radical (unpaired) electrons. The Morgan fingerprint density at radius 3 is 3.00 bits per heavy atom. The van der Waals surface area contributed by atoms with Crippen LogP contribution in [-0.2, 0) is 13.1 Å². The first kappa shape index (κ1) is 11.1. The molecule has 0 fully saturated rings. The molecule has 0 aliphatic rings. The van der Waals surface area contributed by atoms with E-state index in [0.29, 0.717) is 13.1 Å². The van der Waals surface area contributed by atoms with E-state index >= 15 is 0 Å². The average molecular weight is 198 g/mol. The largest absolute Gasteiger partial charge is 0.392 e. The lowest BCUT2D eigenvalue weighted by Crippen LogP contribution is -2.27. The summed E-state index contributed by atoms with van der Waals surface area (Å²) in [6.07, 6.45) is 2.05. The first-order valence-corrected chi connectivity index (χ1v) is 5.03. The van der Waals surface area contributed by atoms with Gasteiger partial charge in [-0.05, 0) is 13.3 Å². The number of hydrogen-bond acceptors (Lipinski definition) is 4. The molecule has 0 aliphatic carbocycles. The summed E-state index contributed by atoms with van der Waals surface area (Å²) in [7, 11) is 0. The van der Waals surface area contributed by atoms with Gasteiger partial charge in [0.15, 0.2) is 0 Å². The van der Waals surface area contributed by atoms with Crippen molar-refractivity contribution >= 4 is 0 Å². The molecule has 5 nitrogen and oxygen atoms in total. The summed E-state index contributed by atoms with van der Waals surface area (Å²) < 4.78 is 1.84. The van der Waals surface area contributed by atoms with Gasteiger partial charge in [-0.15, -0.1) is 0 Å². The minimum Gasteiger partial charge on any atom is -0.392 e. The Hall–Kier alpha value is -0.940. The quantitative estimate of drug-likeness (QED) is 0.683. The predicted molar refractivity (Wildman–Crippen MR) is 53.7 cm³/mol. The van der Waals surface area contributed by atoms with Gasteiger partial charge in [0.1, 0.15) is 12.2 Å². The van der Waals surface area contributed by atoms with Crippen molar-refractivity contribution < 1.29 is 5.11 Å². The van der Waals surface area contributed by atoms with Gasteiger partial charge in [0.2, 0.25) is 0 Å². The van der Waals surface area contributed by atoms with Gasteiger partial charge in [-0.3, -0.25) is 0 Å². The molecule has 0 aliphatic heterocycles. The summed E-state index contributed by atoms with van der Waals surface area (Å²) in [5.74, 6) is 0.913. The Balaban J connectivity index is 2.31. The Labute approximate surface area is 84.2 Å². The molecule has 5 heteroatoms. The van der Waals surface area contributed by atoms with Crippen LogP contribution in [0.4, 0.5) is 0 Å². The lowest BCUT2D eigenvalue weighted by Gasteiger charge is -2.09. The predicted octanol–water partition coefficient (Wildman–Crippen LogP) is 0.158. The van der Waals surface area contributed by atoms with E-state index in [1.165, 1.54) is 0 Å². The van der Waals surface area contributed by atoms with E-state index in [4.69, 9.17) is 0 Å². The van der Waals surface area contributed by atoms with Crippen molar-refractivity contribution in [1.82, 2.24) is 20.1 Å². The van der Waals surface area contributed by atoms with Gasteiger partial charge >= 0.3 is 0 Å². The summed E-state index contributed by atoms with van der Waals surface area (Å²) in [6.45, 7) is 6.07. The molecule has 2 N–H and O–H groups in total. The fraction of sp³-hybridized carbons (Fsp3) is 0.778. The molecule has 1 aromatic heterocycles. The monoisotopic (exact) mass is 198 g/mol. The normalized spacial score (nSPS) is 13.1. The number of nitrogens with one attached hydrogen (secondary N) is 1. The van der Waals surface area contributed by atoms with Crippen LogP contribution in [0.2, 0.25) is 0 Å². The molecule has 0 amide bonds. The lowest BCUT2D eigenvalue weighted by molar-refractivity contribution is 0.166. The van der Waals surface area contributed by atoms with E-state index in [2.05, 4.69) is 15.4 Å². The highest BCUT2D eigenvalue weighted by Crippen LogP contribution is 1.93. The number of aliphatic hydroxyl groups excluding tert-OH is 1. The minimum absolute atomic E-state index is 0.270. The third-order valence-electron chi connectivity index (χ3n) is 2.13. The number of aryl methyl sites for hydroxylation is 1. The van der Waals surface area contributed by atoms with Crippen molar-refractivity contribution in [3.05, 3.63) is 12.2 Å². The van der Waals surface area contributed by atoms with Gasteiger partial charge in [-0.1, -0.05) is 6.92 Å². The Kier molecular flexibility index (Phi) is 4.55. The van der Waals surface area contributed by atoms with Crippen LogP contribution in [0.25, 0.3) is 0 Å². The van der Waals surface area contributed by atoms with E-state index in [-0.39, 0.29) is 6.10 Å². The molecule has 0 spiro atoms. The minimum atomic E-state index is -0.270. The third-order valence-corrected chi connectivity index (χ3v) is 2.13. The Bertz CT molecular complexity index is 261. The molecule has 1 heterocycles. The van der Waals surface area contributed by atoms with Crippen LogP contribution < -0.4 is 5.32 Å². The van der Waals surface area contributed by atoms with E-state index in [1.807, 2.05) is 18.5 Å². The number of aromatic nitrogens is 3. The SMILES string of the molecule is CCC(O)CNCc1ncnn1CC. The van der Waals surface area contributed by atoms with E-state index in [0.717, 1.165) is 18.8 Å². The van der Waals surface area contributed by atoms with Crippen molar-refractivity contribution in [3.63, 3.8) is 0 Å². The van der Waals surface area contributed by atoms with Gasteiger partial charge in [0, 0.05) is 13.1 Å². The molecule has 1 rings (SSSR count). The number of hydrogen-bond donors (Lipinski definition) is 2. The first-order valence-electron chi connectivity index (χ1n) is 5.03. The molecule has 0 aromatic carbocycles. The van der Waals surface area contributed by atoms with Gasteiger partial charge in [-0.2, -0.15) is 5.10 Å². The highest BCUT2D eigenvalue weighted by Gasteiger charge is 2.03. The summed E-state index contributed by atoms with van der Waals surface area (Å²) in [6, 6.07) is 0. The van der Waals surface area contributed by atoms with Crippen molar-refractivity contribution in [2.45, 2.75) is 39.5 Å². The second-order valence-corrected chi connectivity index (χ2v) is 3.19. The van der Waals surface area contributed by atoms with Gasteiger partial charge in [0.05, 0.1) is 12.6 Å². The highest BCUT2D eigenvalue weighted by atomic mass is 16.3. The van der Waals surface area contributed by atoms with Crippen LogP contribution in [0.5, 0.6) is 0 Å². The zero-order chi connectivity index (χ0) is 10.4. The standard InChI is InChI=1S/C9H18N4O/c1-3-8(14)5-10-6-9-11-7-12-13(9)4-2/h7-8,10,14H,3-6H2,1-2H3. The van der Waals surface area contributed by atoms with Crippen LogP contribution in [0.15, 0.2) is 6.33 Å². The summed E-state index contributed by atoms with van der Waals surface area (Å²) in [5, 5.41) is 16.5. The molecular formula is C9H18N4O. The fourth-order valence-electron chi connectivity index (χ4n) is 1.18. The van der Waals surface area contributed by atoms with Crippen LogP contribution in [0.1, 0.15) is 26.1 Å². The third kappa shape index (κ3) is 3.08. The molecule has 0 saturated carbocycles. The Morgan fingerprint density at radius 2 is 2.36 bits per heavy atom. The second kappa shape index (κ2) is 5.72. The molecule has 14 heavy (non-hydrogen) atoms. The summed E-state index contributed by atoms with van der Waals surface area (Å²) in [4.78, 5) is 4.12. The van der Waals surface area contributed by atoms with E-state index < -0.39 is 0 Å². The molecule has 0 saturated heterocycles. The summed E-state index contributed by atoms with van der Waals surface area (Å²) >= 11 is 0. The van der Waals surface area contributed by atoms with Crippen LogP contribution >= 0.6 is 0 Å². The highest BCUT2D eigenvalue weighted by molar-refractivity contribution is 4.83. The fourth-order valence-corrected chi connectivity index (χ4v) is 1.18. The number of aliphatic hydroxyl groups is 1. The second-order valence-electron chi connectivity index (χ2n) is 3.19. The van der Waals surface area contributed by atoms with Crippen LogP contribution in [0, 0.1) is 0 Å². The van der Waals surface area contributed by atoms with Crippen molar-refractivity contribution in [1.29, 1.82) is 0 Å². The zero-order valence-electron chi connectivity index (χ0n) is 8.77. The van der Waals surface area contributed by atoms with Crippen LogP contribution in [0.3, 0.4) is 0 Å². The maximum Gasteiger partial charge on any atom is 0.140 e. The molecule has 1 aromatic rings. The topological polar surface area (TPSA) is 63.0 Å². The molecule has 1 atom stereocenters. The summed E-state index contributed by atoms with van der Waals surface area (Å²) in [5.41, 5.74) is 0. The maximum atomic E-state index is 9.31. The van der Waals surface area contributed by atoms with Crippen molar-refractivity contribution in [2.75, 3.05) is 6.54 Å². The van der Waals surface area contributed by atoms with Gasteiger partial charge in [-0.25, -0.2) is 9.67 Å². The first-order chi connectivity index (χ1) is 6.77. The molecule has 1 unspecified atom stereocenters. The zero-order valence-corrected chi connectivity index (χ0v) is 8.77. The van der Waals surface area contributed by atoms with Gasteiger partial charge in [0.25, 0.3) is 0 Å². The number of rotatable bonds is 6. The Morgan fingerprint density at radius 1 is 1.57 bits per heavy atom. The van der Waals surface area contributed by atoms with Crippen molar-refractivity contribution in [2.24, 2.45) is 0 Å². The number of nitrogens with zero attached hydrogens (tertiary/aromatic N) is 3. The molecule has 0 bridgehead atoms. The van der Waals surface area contributed by atoms with Crippen LogP contribution in [-0.4, -0.2) is 32.5 Å².